The number of H-pyrrole nitrogens is 1. The van der Waals surface area contributed by atoms with Crippen molar-refractivity contribution >= 4 is 28.8 Å². The Balaban J connectivity index is 2.12. The van der Waals surface area contributed by atoms with Crippen molar-refractivity contribution < 1.29 is 18.8 Å². The molecular formula is C17H17FN6O3. The van der Waals surface area contributed by atoms with E-state index in [0.717, 1.165) is 0 Å². The minimum absolute atomic E-state index is 0.00435. The minimum Gasteiger partial charge on any atom is -0.435 e. The van der Waals surface area contributed by atoms with Crippen LogP contribution in [0.25, 0.3) is 10.9 Å². The number of oxime groups is 1. The number of rotatable bonds is 5. The monoisotopic (exact) mass is 372 g/mol. The Labute approximate surface area is 153 Å². The fourth-order valence-corrected chi connectivity index (χ4v) is 2.65. The maximum Gasteiger partial charge on any atom is 0.253 e. The smallest absolute Gasteiger partial charge is 0.253 e. The van der Waals surface area contributed by atoms with Crippen LogP contribution in [0.5, 0.6) is 11.6 Å². The molecule has 0 fully saturated rings. The number of benzene rings is 1. The van der Waals surface area contributed by atoms with Crippen molar-refractivity contribution in [3.8, 4) is 11.6 Å². The van der Waals surface area contributed by atoms with Crippen LogP contribution in [0.3, 0.4) is 0 Å². The van der Waals surface area contributed by atoms with E-state index < -0.39 is 11.7 Å². The van der Waals surface area contributed by atoms with Crippen molar-refractivity contribution in [2.45, 2.75) is 6.92 Å². The summed E-state index contributed by atoms with van der Waals surface area (Å²) in [5.41, 5.74) is 7.25. The maximum absolute atomic E-state index is 15.2. The summed E-state index contributed by atoms with van der Waals surface area (Å²) in [6.45, 7) is 1.69. The number of anilines is 1. The highest BCUT2D eigenvalue weighted by atomic mass is 19.1. The zero-order valence-electron chi connectivity index (χ0n) is 14.8. The molecule has 0 unspecified atom stereocenters. The summed E-state index contributed by atoms with van der Waals surface area (Å²) in [6, 6.07) is 3.04. The highest BCUT2D eigenvalue weighted by Gasteiger charge is 2.22. The van der Waals surface area contributed by atoms with E-state index >= 15 is 4.39 Å². The number of nitrogens with two attached hydrogens (primary N) is 1. The molecule has 0 saturated heterocycles. The van der Waals surface area contributed by atoms with Crippen LogP contribution in [0.2, 0.25) is 0 Å². The van der Waals surface area contributed by atoms with Crippen molar-refractivity contribution in [2.75, 3.05) is 19.9 Å². The highest BCUT2D eigenvalue weighted by Crippen LogP contribution is 2.34. The van der Waals surface area contributed by atoms with Crippen LogP contribution in [0.4, 0.5) is 10.2 Å². The molecule has 0 aliphatic rings. The number of fused-ring (bicyclic) bond motifs is 1. The number of halogens is 1. The molecule has 0 aliphatic heterocycles. The van der Waals surface area contributed by atoms with Gasteiger partial charge in [0.05, 0.1) is 17.2 Å². The Bertz CT molecular complexity index is 1050. The Kier molecular flexibility index (Phi) is 4.88. The number of carbonyl (C=O) groups is 1. The predicted octanol–water partition coefficient (Wildman–Crippen LogP) is 2.12. The summed E-state index contributed by atoms with van der Waals surface area (Å²) in [4.78, 5) is 27.6. The minimum atomic E-state index is -0.706. The number of nitrogens with one attached hydrogen (secondary N) is 2. The summed E-state index contributed by atoms with van der Waals surface area (Å²) in [5, 5.41) is 6.24. The van der Waals surface area contributed by atoms with Crippen molar-refractivity contribution in [1.29, 1.82) is 0 Å². The van der Waals surface area contributed by atoms with E-state index in [9.17, 15) is 4.79 Å². The predicted molar refractivity (Wildman–Crippen MR) is 97.5 cm³/mol. The number of aromatic nitrogens is 3. The van der Waals surface area contributed by atoms with Gasteiger partial charge in [0.15, 0.2) is 11.6 Å². The van der Waals surface area contributed by atoms with E-state index in [1.54, 1.807) is 13.0 Å². The van der Waals surface area contributed by atoms with Gasteiger partial charge < -0.3 is 25.6 Å². The number of nitrogen functional groups attached to an aromatic ring is 1. The normalized spacial score (nSPS) is 11.1. The Morgan fingerprint density at radius 3 is 2.89 bits per heavy atom. The molecule has 3 rings (SSSR count). The fourth-order valence-electron chi connectivity index (χ4n) is 2.65. The molecule has 2 aromatic heterocycles. The zero-order chi connectivity index (χ0) is 19.6. The third kappa shape index (κ3) is 3.24. The molecule has 0 atom stereocenters. The standard InChI is InChI=1S/C17H17FN6O3/c1-8-12(16(25)20-2)13-10(24-8)4-5-11(14(13)18)27-17-9(6-23-26-3)15(19)21-7-22-17/h4-7,24H,1-3H3,(H,20,25)(H2,19,21,22). The molecule has 9 nitrogen and oxygen atoms in total. The summed E-state index contributed by atoms with van der Waals surface area (Å²) < 4.78 is 20.8. The topological polar surface area (TPSA) is 128 Å². The van der Waals surface area contributed by atoms with Crippen LogP contribution < -0.4 is 15.8 Å². The van der Waals surface area contributed by atoms with Gasteiger partial charge in [-0.2, -0.15) is 0 Å². The molecule has 4 N–H and O–H groups in total. The summed E-state index contributed by atoms with van der Waals surface area (Å²) in [7, 11) is 2.84. The molecule has 1 amide bonds. The van der Waals surface area contributed by atoms with Crippen LogP contribution in [-0.4, -0.2) is 41.2 Å². The number of amides is 1. The van der Waals surface area contributed by atoms with Gasteiger partial charge in [-0.25, -0.2) is 14.4 Å². The lowest BCUT2D eigenvalue weighted by molar-refractivity contribution is 0.0964. The van der Waals surface area contributed by atoms with Gasteiger partial charge in [0.2, 0.25) is 5.88 Å². The molecule has 0 radical (unpaired) electrons. The molecule has 0 bridgehead atoms. The van der Waals surface area contributed by atoms with Gasteiger partial charge in [0.25, 0.3) is 5.91 Å². The average molecular weight is 372 g/mol. The first-order valence-corrected chi connectivity index (χ1v) is 7.85. The van der Waals surface area contributed by atoms with E-state index in [-0.39, 0.29) is 34.0 Å². The van der Waals surface area contributed by atoms with Crippen LogP contribution in [-0.2, 0) is 4.84 Å². The first-order chi connectivity index (χ1) is 13.0. The van der Waals surface area contributed by atoms with Gasteiger partial charge in [-0.05, 0) is 19.1 Å². The second kappa shape index (κ2) is 7.28. The second-order valence-corrected chi connectivity index (χ2v) is 5.50. The lowest BCUT2D eigenvalue weighted by Crippen LogP contribution is -2.18. The second-order valence-electron chi connectivity index (χ2n) is 5.50. The summed E-state index contributed by atoms with van der Waals surface area (Å²) in [6.07, 6.45) is 2.44. The lowest BCUT2D eigenvalue weighted by Gasteiger charge is -2.10. The molecular weight excluding hydrogens is 355 g/mol. The number of aromatic amines is 1. The number of ether oxygens (including phenoxy) is 1. The Morgan fingerprint density at radius 1 is 1.41 bits per heavy atom. The lowest BCUT2D eigenvalue weighted by atomic mass is 10.1. The molecule has 0 aliphatic carbocycles. The van der Waals surface area contributed by atoms with Crippen LogP contribution in [0.1, 0.15) is 21.6 Å². The Hall–Kier alpha value is -3.69. The summed E-state index contributed by atoms with van der Waals surface area (Å²) in [5.74, 6) is -1.16. The third-order valence-electron chi connectivity index (χ3n) is 3.88. The van der Waals surface area contributed by atoms with Gasteiger partial charge in [-0.15, -0.1) is 0 Å². The number of nitrogens with zero attached hydrogens (tertiary/aromatic N) is 3. The molecule has 0 saturated carbocycles. The van der Waals surface area contributed by atoms with Gasteiger partial charge in [-0.3, -0.25) is 4.79 Å². The largest absolute Gasteiger partial charge is 0.435 e. The van der Waals surface area contributed by atoms with Crippen LogP contribution in [0, 0.1) is 12.7 Å². The van der Waals surface area contributed by atoms with Gasteiger partial charge >= 0.3 is 0 Å². The highest BCUT2D eigenvalue weighted by molar-refractivity contribution is 6.08. The van der Waals surface area contributed by atoms with E-state index in [1.165, 1.54) is 32.8 Å². The maximum atomic E-state index is 15.2. The average Bonchev–Trinajstić information content (AvgIpc) is 2.99. The van der Waals surface area contributed by atoms with Crippen molar-refractivity contribution in [2.24, 2.45) is 5.16 Å². The molecule has 2 heterocycles. The van der Waals surface area contributed by atoms with Crippen LogP contribution >= 0.6 is 0 Å². The first kappa shape index (κ1) is 18.1. The molecule has 0 spiro atoms. The van der Waals surface area contributed by atoms with Gasteiger partial charge in [0, 0.05) is 18.3 Å². The quantitative estimate of drug-likeness (QED) is 0.465. The molecule has 140 valence electrons. The van der Waals surface area contributed by atoms with Crippen molar-refractivity contribution in [3.63, 3.8) is 0 Å². The van der Waals surface area contributed by atoms with E-state index in [2.05, 4.69) is 30.3 Å². The van der Waals surface area contributed by atoms with E-state index in [0.29, 0.717) is 11.2 Å². The number of hydrogen-bond acceptors (Lipinski definition) is 7. The Morgan fingerprint density at radius 2 is 2.19 bits per heavy atom. The molecule has 27 heavy (non-hydrogen) atoms. The number of hydrogen-bond donors (Lipinski definition) is 3. The van der Waals surface area contributed by atoms with Crippen molar-refractivity contribution in [3.05, 3.63) is 41.1 Å². The summed E-state index contributed by atoms with van der Waals surface area (Å²) >= 11 is 0. The number of aryl methyl sites for hydroxylation is 1. The molecule has 1 aromatic carbocycles. The van der Waals surface area contributed by atoms with E-state index in [1.807, 2.05) is 0 Å². The zero-order valence-corrected chi connectivity index (χ0v) is 14.8. The molecule has 10 heteroatoms. The van der Waals surface area contributed by atoms with Gasteiger partial charge in [-0.1, -0.05) is 5.16 Å². The van der Waals surface area contributed by atoms with Crippen LogP contribution in [0.15, 0.2) is 23.6 Å². The fraction of sp³-hybridized carbons (Fsp3) is 0.176. The molecule has 3 aromatic rings. The third-order valence-corrected chi connectivity index (χ3v) is 3.88. The van der Waals surface area contributed by atoms with E-state index in [4.69, 9.17) is 10.5 Å². The SMILES string of the molecule is CNC(=O)c1c(C)[nH]c2ccc(Oc3ncnc(N)c3C=NOC)c(F)c12. The number of carbonyl (C=O) groups excluding carboxylic acids is 1. The van der Waals surface area contributed by atoms with Crippen molar-refractivity contribution in [1.82, 2.24) is 20.3 Å². The first-order valence-electron chi connectivity index (χ1n) is 7.85. The van der Waals surface area contributed by atoms with Gasteiger partial charge in [0.1, 0.15) is 24.8 Å².